The molecule has 0 aliphatic carbocycles. The Morgan fingerprint density at radius 2 is 1.24 bits per heavy atom. The first-order valence-electron chi connectivity index (χ1n) is 6.60. The molecule has 0 fully saturated rings. The van der Waals surface area contributed by atoms with Crippen molar-refractivity contribution in [3.05, 3.63) is 23.2 Å². The number of hydrogen-bond acceptors (Lipinski definition) is 0. The number of halogens is 2. The van der Waals surface area contributed by atoms with Crippen LogP contribution in [0.15, 0.2) is 23.2 Å². The van der Waals surface area contributed by atoms with Crippen molar-refractivity contribution in [2.75, 3.05) is 26.2 Å². The van der Waals surface area contributed by atoms with Crippen LogP contribution in [-0.4, -0.2) is 30.7 Å². The van der Waals surface area contributed by atoms with Crippen LogP contribution in [-0.2, 0) is 0 Å². The van der Waals surface area contributed by atoms with Crippen molar-refractivity contribution in [1.29, 1.82) is 0 Å². The van der Waals surface area contributed by atoms with E-state index in [9.17, 15) is 0 Å². The Labute approximate surface area is 117 Å². The van der Waals surface area contributed by atoms with Gasteiger partial charge in [0.2, 0.25) is 0 Å². The molecule has 0 heterocycles. The van der Waals surface area contributed by atoms with E-state index in [-0.39, 0.29) is 0 Å². The minimum Gasteiger partial charge on any atom is -0.317 e. The molecule has 0 bridgehead atoms. The smallest absolute Gasteiger partial charge is 0.0987 e. The molecule has 0 aromatic heterocycles. The summed E-state index contributed by atoms with van der Waals surface area (Å²) in [5, 5.41) is 0. The molecule has 0 aliphatic heterocycles. The quantitative estimate of drug-likeness (QED) is 0.498. The summed E-state index contributed by atoms with van der Waals surface area (Å²) < 4.78 is 1.08. The van der Waals surface area contributed by atoms with E-state index in [4.69, 9.17) is 23.2 Å². The Balaban J connectivity index is 4.62. The van der Waals surface area contributed by atoms with Crippen molar-refractivity contribution in [2.45, 2.75) is 39.5 Å². The molecule has 0 saturated carbocycles. The second-order valence-electron chi connectivity index (χ2n) is 4.58. The number of nitrogens with zero attached hydrogens (tertiary/aromatic N) is 1. The zero-order chi connectivity index (χ0) is 13.0. The maximum atomic E-state index is 5.68. The molecule has 0 atom stereocenters. The Morgan fingerprint density at radius 3 is 1.53 bits per heavy atom. The van der Waals surface area contributed by atoms with Crippen molar-refractivity contribution in [2.24, 2.45) is 0 Å². The second kappa shape index (κ2) is 11.1. The van der Waals surface area contributed by atoms with Gasteiger partial charge >= 0.3 is 0 Å². The van der Waals surface area contributed by atoms with Gasteiger partial charge in [-0.25, -0.2) is 0 Å². The summed E-state index contributed by atoms with van der Waals surface area (Å²) in [6.45, 7) is 8.90. The molecule has 0 saturated heterocycles. The van der Waals surface area contributed by atoms with E-state index in [1.165, 1.54) is 38.8 Å². The molecule has 0 amide bonds. The summed E-state index contributed by atoms with van der Waals surface area (Å²) in [4.78, 5) is 0. The topological polar surface area (TPSA) is 0 Å². The first kappa shape index (κ1) is 17.0. The molecular formula is C14H26Cl2N+. The lowest BCUT2D eigenvalue weighted by Gasteiger charge is -2.37. The summed E-state index contributed by atoms with van der Waals surface area (Å²) >= 11 is 11.4. The van der Waals surface area contributed by atoms with Gasteiger partial charge < -0.3 is 4.48 Å². The van der Waals surface area contributed by atoms with Crippen LogP contribution in [0.5, 0.6) is 0 Å². The molecule has 17 heavy (non-hydrogen) atoms. The standard InChI is InChI=1S/C14H26Cl2N/c1-3-5-11-17(12-6-4-2,13-7-9-15)14-8-10-16/h7-10H,3-6,11-14H2,1-2H3/q+1/b9-7-,10-8-. The van der Waals surface area contributed by atoms with E-state index in [1.54, 1.807) is 11.1 Å². The number of rotatable bonds is 10. The highest BCUT2D eigenvalue weighted by Crippen LogP contribution is 2.13. The third-order valence-corrected chi connectivity index (χ3v) is 3.49. The van der Waals surface area contributed by atoms with Crippen molar-refractivity contribution in [3.63, 3.8) is 0 Å². The van der Waals surface area contributed by atoms with Crippen LogP contribution >= 0.6 is 23.2 Å². The minimum absolute atomic E-state index is 1.00. The Morgan fingerprint density at radius 1 is 0.824 bits per heavy atom. The van der Waals surface area contributed by atoms with E-state index in [0.717, 1.165) is 17.6 Å². The van der Waals surface area contributed by atoms with Crippen LogP contribution in [0, 0.1) is 0 Å². The zero-order valence-electron chi connectivity index (χ0n) is 11.2. The molecule has 3 heteroatoms. The van der Waals surface area contributed by atoms with Crippen molar-refractivity contribution < 1.29 is 4.48 Å². The summed E-state index contributed by atoms with van der Waals surface area (Å²) in [7, 11) is 0. The lowest BCUT2D eigenvalue weighted by Crippen LogP contribution is -2.49. The van der Waals surface area contributed by atoms with E-state index >= 15 is 0 Å². The van der Waals surface area contributed by atoms with Crippen LogP contribution in [0.1, 0.15) is 39.5 Å². The van der Waals surface area contributed by atoms with Crippen molar-refractivity contribution >= 4 is 23.2 Å². The molecule has 100 valence electrons. The Kier molecular flexibility index (Phi) is 11.1. The summed E-state index contributed by atoms with van der Waals surface area (Å²) in [6, 6.07) is 0. The van der Waals surface area contributed by atoms with Crippen LogP contribution in [0.4, 0.5) is 0 Å². The molecule has 0 aliphatic rings. The SMILES string of the molecule is CCCC[N+](C/C=C\Cl)(C/C=C\Cl)CCCC. The fourth-order valence-corrected chi connectivity index (χ4v) is 2.22. The largest absolute Gasteiger partial charge is 0.317 e. The Hall–Kier alpha value is 0.0200. The average molecular weight is 279 g/mol. The molecule has 0 N–H and O–H groups in total. The fourth-order valence-electron chi connectivity index (χ4n) is 2.07. The molecule has 0 aromatic rings. The maximum absolute atomic E-state index is 5.68. The second-order valence-corrected chi connectivity index (χ2v) is 5.09. The van der Waals surface area contributed by atoms with Gasteiger partial charge in [-0.1, -0.05) is 49.9 Å². The van der Waals surface area contributed by atoms with Gasteiger partial charge in [-0.15, -0.1) is 0 Å². The third-order valence-electron chi connectivity index (χ3n) is 3.14. The molecule has 0 radical (unpaired) electrons. The third kappa shape index (κ3) is 7.86. The Bertz CT molecular complexity index is 200. The van der Waals surface area contributed by atoms with Gasteiger partial charge in [-0.05, 0) is 25.0 Å². The highest BCUT2D eigenvalue weighted by Gasteiger charge is 2.23. The first-order chi connectivity index (χ1) is 8.24. The van der Waals surface area contributed by atoms with Gasteiger partial charge in [-0.3, -0.25) is 0 Å². The van der Waals surface area contributed by atoms with Crippen LogP contribution < -0.4 is 0 Å². The molecule has 0 spiro atoms. The number of unbranched alkanes of at least 4 members (excludes halogenated alkanes) is 2. The van der Waals surface area contributed by atoms with Crippen LogP contribution in [0.3, 0.4) is 0 Å². The van der Waals surface area contributed by atoms with Gasteiger partial charge in [0, 0.05) is 11.1 Å². The van der Waals surface area contributed by atoms with Gasteiger partial charge in [0.15, 0.2) is 0 Å². The summed E-state index contributed by atoms with van der Waals surface area (Å²) in [6.07, 6.45) is 9.12. The van der Waals surface area contributed by atoms with Gasteiger partial charge in [0.25, 0.3) is 0 Å². The molecule has 0 unspecified atom stereocenters. The van der Waals surface area contributed by atoms with Crippen molar-refractivity contribution in [1.82, 2.24) is 0 Å². The highest BCUT2D eigenvalue weighted by molar-refractivity contribution is 6.25. The lowest BCUT2D eigenvalue weighted by atomic mass is 10.2. The van der Waals surface area contributed by atoms with Gasteiger partial charge in [0.1, 0.15) is 0 Å². The lowest BCUT2D eigenvalue weighted by molar-refractivity contribution is -0.917. The predicted molar refractivity (Wildman–Crippen MR) is 79.5 cm³/mol. The van der Waals surface area contributed by atoms with Gasteiger partial charge in [0.05, 0.1) is 26.2 Å². The van der Waals surface area contributed by atoms with Gasteiger partial charge in [-0.2, -0.15) is 0 Å². The summed E-state index contributed by atoms with van der Waals surface area (Å²) in [5.74, 6) is 0. The number of hydrogen-bond donors (Lipinski definition) is 0. The maximum Gasteiger partial charge on any atom is 0.0987 e. The summed E-state index contributed by atoms with van der Waals surface area (Å²) in [5.41, 5.74) is 3.27. The van der Waals surface area contributed by atoms with E-state index in [1.807, 2.05) is 0 Å². The molecule has 1 nitrogen and oxygen atoms in total. The van der Waals surface area contributed by atoms with Crippen LogP contribution in [0.2, 0.25) is 0 Å². The predicted octanol–water partition coefficient (Wildman–Crippen LogP) is 4.91. The molecule has 0 aromatic carbocycles. The average Bonchev–Trinajstić information content (AvgIpc) is 2.37. The minimum atomic E-state index is 1.00. The van der Waals surface area contributed by atoms with Crippen LogP contribution in [0.25, 0.3) is 0 Å². The normalized spacial score (nSPS) is 12.9. The zero-order valence-corrected chi connectivity index (χ0v) is 12.7. The molecular weight excluding hydrogens is 253 g/mol. The first-order valence-corrected chi connectivity index (χ1v) is 7.47. The fraction of sp³-hybridized carbons (Fsp3) is 0.714. The number of quaternary nitrogens is 1. The monoisotopic (exact) mass is 278 g/mol. The van der Waals surface area contributed by atoms with E-state index < -0.39 is 0 Å². The highest BCUT2D eigenvalue weighted by atomic mass is 35.5. The van der Waals surface area contributed by atoms with E-state index in [0.29, 0.717) is 0 Å². The molecule has 0 rings (SSSR count). The van der Waals surface area contributed by atoms with Crippen molar-refractivity contribution in [3.8, 4) is 0 Å². The van der Waals surface area contributed by atoms with E-state index in [2.05, 4.69) is 26.0 Å².